The summed E-state index contributed by atoms with van der Waals surface area (Å²) in [5.74, 6) is 1.52. The molecule has 130 valence electrons. The molecule has 0 atom stereocenters. The van der Waals surface area contributed by atoms with Crippen LogP contribution >= 0.6 is 0 Å². The van der Waals surface area contributed by atoms with Crippen LogP contribution in [0.4, 0.5) is 0 Å². The lowest BCUT2D eigenvalue weighted by Gasteiger charge is -2.06. The van der Waals surface area contributed by atoms with E-state index in [2.05, 4.69) is 55.3 Å². The van der Waals surface area contributed by atoms with E-state index < -0.39 is 0 Å². The second kappa shape index (κ2) is 7.64. The van der Waals surface area contributed by atoms with Crippen molar-refractivity contribution < 1.29 is 0 Å². The van der Waals surface area contributed by atoms with E-state index in [9.17, 15) is 0 Å². The molecule has 0 saturated heterocycles. The van der Waals surface area contributed by atoms with Gasteiger partial charge >= 0.3 is 0 Å². The standard InChI is InChI=1S/C18H18N8/c1-3-8-15(9-4-1)10-7-13-17-19-21-23-25(17)14-18-20-22-24-26(18)16-11-5-2-6-12-16/h1-6,8-9,11-12H,7,10,13-14H2. The van der Waals surface area contributed by atoms with Gasteiger partial charge in [-0.05, 0) is 51.4 Å². The summed E-state index contributed by atoms with van der Waals surface area (Å²) in [6, 6.07) is 20.2. The van der Waals surface area contributed by atoms with Gasteiger partial charge in [-0.3, -0.25) is 0 Å². The van der Waals surface area contributed by atoms with E-state index in [4.69, 9.17) is 0 Å². The van der Waals surface area contributed by atoms with Crippen LogP contribution < -0.4 is 0 Å². The van der Waals surface area contributed by atoms with Crippen LogP contribution in [-0.4, -0.2) is 40.4 Å². The van der Waals surface area contributed by atoms with Crippen LogP contribution in [0.3, 0.4) is 0 Å². The third kappa shape index (κ3) is 3.64. The molecule has 0 N–H and O–H groups in total. The lowest BCUT2D eigenvalue weighted by atomic mass is 10.1. The molecule has 0 spiro atoms. The third-order valence-corrected chi connectivity index (χ3v) is 4.14. The molecule has 0 unspecified atom stereocenters. The fraction of sp³-hybridized carbons (Fsp3) is 0.222. The predicted molar refractivity (Wildman–Crippen MR) is 94.5 cm³/mol. The Morgan fingerprint density at radius 2 is 1.38 bits per heavy atom. The topological polar surface area (TPSA) is 87.2 Å². The van der Waals surface area contributed by atoms with Crippen molar-refractivity contribution in [2.45, 2.75) is 25.8 Å². The molecule has 8 nitrogen and oxygen atoms in total. The van der Waals surface area contributed by atoms with E-state index in [-0.39, 0.29) is 0 Å². The number of aryl methyl sites for hydroxylation is 2. The Hall–Kier alpha value is -3.42. The van der Waals surface area contributed by atoms with E-state index in [1.165, 1.54) is 5.56 Å². The summed E-state index contributed by atoms with van der Waals surface area (Å²) in [4.78, 5) is 0. The SMILES string of the molecule is c1ccc(CCCc2nnnn2Cc2nnnn2-c2ccccc2)cc1. The zero-order chi connectivity index (χ0) is 17.6. The summed E-state index contributed by atoms with van der Waals surface area (Å²) < 4.78 is 3.46. The lowest BCUT2D eigenvalue weighted by molar-refractivity contribution is 0.577. The maximum Gasteiger partial charge on any atom is 0.178 e. The Morgan fingerprint density at radius 3 is 2.19 bits per heavy atom. The van der Waals surface area contributed by atoms with Crippen molar-refractivity contribution in [2.24, 2.45) is 0 Å². The smallest absolute Gasteiger partial charge is 0.178 e. The highest BCUT2D eigenvalue weighted by molar-refractivity contribution is 5.30. The highest BCUT2D eigenvalue weighted by atomic mass is 15.6. The molecule has 0 radical (unpaired) electrons. The molecule has 2 heterocycles. The van der Waals surface area contributed by atoms with Crippen LogP contribution in [0.25, 0.3) is 5.69 Å². The molecule has 4 rings (SSSR count). The van der Waals surface area contributed by atoms with Crippen molar-refractivity contribution in [3.8, 4) is 5.69 Å². The molecule has 0 fully saturated rings. The first kappa shape index (κ1) is 16.1. The maximum absolute atomic E-state index is 4.15. The third-order valence-electron chi connectivity index (χ3n) is 4.14. The predicted octanol–water partition coefficient (Wildman–Crippen LogP) is 1.87. The number of nitrogens with zero attached hydrogens (tertiary/aromatic N) is 8. The van der Waals surface area contributed by atoms with Crippen LogP contribution in [0.1, 0.15) is 23.6 Å². The zero-order valence-electron chi connectivity index (χ0n) is 14.2. The molecule has 0 aliphatic rings. The Bertz CT molecular complexity index is 946. The molecule has 8 heteroatoms. The van der Waals surface area contributed by atoms with Crippen molar-refractivity contribution in [3.05, 3.63) is 77.9 Å². The molecule has 0 saturated carbocycles. The Labute approximate surface area is 150 Å². The van der Waals surface area contributed by atoms with Crippen LogP contribution in [0.2, 0.25) is 0 Å². The minimum atomic E-state index is 0.426. The number of tetrazole rings is 2. The highest BCUT2D eigenvalue weighted by Gasteiger charge is 2.13. The van der Waals surface area contributed by atoms with Crippen LogP contribution in [-0.2, 0) is 19.4 Å². The van der Waals surface area contributed by atoms with E-state index in [0.717, 1.165) is 30.8 Å². The second-order valence-electron chi connectivity index (χ2n) is 5.93. The van der Waals surface area contributed by atoms with Gasteiger partial charge in [0.05, 0.1) is 5.69 Å². The Morgan fingerprint density at radius 1 is 0.692 bits per heavy atom. The first-order valence-corrected chi connectivity index (χ1v) is 8.52. The van der Waals surface area contributed by atoms with E-state index >= 15 is 0 Å². The van der Waals surface area contributed by atoms with Crippen molar-refractivity contribution in [1.82, 2.24) is 40.4 Å². The van der Waals surface area contributed by atoms with Gasteiger partial charge in [0, 0.05) is 6.42 Å². The monoisotopic (exact) mass is 346 g/mol. The van der Waals surface area contributed by atoms with Gasteiger partial charge in [0.1, 0.15) is 6.54 Å². The Balaban J connectivity index is 1.44. The van der Waals surface area contributed by atoms with Gasteiger partial charge in [-0.15, -0.1) is 10.2 Å². The van der Waals surface area contributed by atoms with Gasteiger partial charge in [-0.1, -0.05) is 48.5 Å². The van der Waals surface area contributed by atoms with E-state index in [1.54, 1.807) is 9.36 Å². The average molecular weight is 346 g/mol. The quantitative estimate of drug-likeness (QED) is 0.508. The highest BCUT2D eigenvalue weighted by Crippen LogP contribution is 2.10. The van der Waals surface area contributed by atoms with Gasteiger partial charge in [-0.25, -0.2) is 4.68 Å². The summed E-state index contributed by atoms with van der Waals surface area (Å²) in [7, 11) is 0. The van der Waals surface area contributed by atoms with Gasteiger partial charge in [0.15, 0.2) is 11.6 Å². The number of para-hydroxylation sites is 1. The summed E-state index contributed by atoms with van der Waals surface area (Å²) in [5, 5.41) is 24.1. The minimum Gasteiger partial charge on any atom is -0.222 e. The fourth-order valence-corrected chi connectivity index (χ4v) is 2.83. The molecule has 0 aliphatic heterocycles. The minimum absolute atomic E-state index is 0.426. The Kier molecular flexibility index (Phi) is 4.72. The number of aromatic nitrogens is 8. The molecule has 26 heavy (non-hydrogen) atoms. The molecule has 0 bridgehead atoms. The first-order chi connectivity index (χ1) is 12.9. The van der Waals surface area contributed by atoms with E-state index in [1.807, 2.05) is 36.4 Å². The summed E-state index contributed by atoms with van der Waals surface area (Å²) >= 11 is 0. The normalized spacial score (nSPS) is 10.9. The summed E-state index contributed by atoms with van der Waals surface area (Å²) in [6.07, 6.45) is 2.78. The number of hydrogen-bond acceptors (Lipinski definition) is 6. The second-order valence-corrected chi connectivity index (χ2v) is 5.93. The molecule has 0 aliphatic carbocycles. The molecule has 4 aromatic rings. The molecule has 0 amide bonds. The van der Waals surface area contributed by atoms with Crippen molar-refractivity contribution in [1.29, 1.82) is 0 Å². The summed E-state index contributed by atoms with van der Waals surface area (Å²) in [5.41, 5.74) is 2.23. The van der Waals surface area contributed by atoms with Gasteiger partial charge < -0.3 is 0 Å². The lowest BCUT2D eigenvalue weighted by Crippen LogP contribution is -2.12. The molecule has 2 aromatic carbocycles. The van der Waals surface area contributed by atoms with Gasteiger partial charge in [0.25, 0.3) is 0 Å². The van der Waals surface area contributed by atoms with E-state index in [0.29, 0.717) is 12.4 Å². The van der Waals surface area contributed by atoms with Crippen LogP contribution in [0.15, 0.2) is 60.7 Å². The number of benzene rings is 2. The largest absolute Gasteiger partial charge is 0.222 e. The van der Waals surface area contributed by atoms with Crippen LogP contribution in [0, 0.1) is 0 Å². The molecular weight excluding hydrogens is 328 g/mol. The van der Waals surface area contributed by atoms with Gasteiger partial charge in [-0.2, -0.15) is 4.68 Å². The fourth-order valence-electron chi connectivity index (χ4n) is 2.83. The maximum atomic E-state index is 4.15. The summed E-state index contributed by atoms with van der Waals surface area (Å²) in [6.45, 7) is 0.426. The number of hydrogen-bond donors (Lipinski definition) is 0. The average Bonchev–Trinajstić information content (AvgIpc) is 3.33. The van der Waals surface area contributed by atoms with Gasteiger partial charge in [0.2, 0.25) is 0 Å². The number of rotatable bonds is 7. The van der Waals surface area contributed by atoms with Crippen molar-refractivity contribution >= 4 is 0 Å². The van der Waals surface area contributed by atoms with Crippen molar-refractivity contribution in [3.63, 3.8) is 0 Å². The zero-order valence-corrected chi connectivity index (χ0v) is 14.2. The first-order valence-electron chi connectivity index (χ1n) is 8.52. The van der Waals surface area contributed by atoms with Crippen molar-refractivity contribution in [2.75, 3.05) is 0 Å². The molecule has 2 aromatic heterocycles. The molecular formula is C18H18N8. The van der Waals surface area contributed by atoms with Crippen LogP contribution in [0.5, 0.6) is 0 Å².